The first kappa shape index (κ1) is 16.1. The Labute approximate surface area is 129 Å². The molecule has 1 saturated heterocycles. The molecule has 1 fully saturated rings. The van der Waals surface area contributed by atoms with Crippen molar-refractivity contribution in [1.82, 2.24) is 4.90 Å². The zero-order valence-corrected chi connectivity index (χ0v) is 13.0. The van der Waals surface area contributed by atoms with Gasteiger partial charge in [-0.05, 0) is 32.0 Å². The summed E-state index contributed by atoms with van der Waals surface area (Å²) in [6.07, 6.45) is -0.00336. The van der Waals surface area contributed by atoms with Gasteiger partial charge in [0.25, 0.3) is 0 Å². The number of halogens is 1. The van der Waals surface area contributed by atoms with Crippen molar-refractivity contribution in [2.75, 3.05) is 26.3 Å². The van der Waals surface area contributed by atoms with E-state index in [0.29, 0.717) is 30.0 Å². The van der Waals surface area contributed by atoms with Crippen molar-refractivity contribution in [2.45, 2.75) is 26.0 Å². The number of benzene rings is 1. The summed E-state index contributed by atoms with van der Waals surface area (Å²) in [6.45, 7) is 7.16. The second-order valence-electron chi connectivity index (χ2n) is 5.34. The molecule has 0 aromatic heterocycles. The zero-order valence-electron chi connectivity index (χ0n) is 12.2. The highest BCUT2D eigenvalue weighted by atomic mass is 35.5. The summed E-state index contributed by atoms with van der Waals surface area (Å²) >= 11 is 6.03. The summed E-state index contributed by atoms with van der Waals surface area (Å²) in [4.78, 5) is 13.2. The summed E-state index contributed by atoms with van der Waals surface area (Å²) in [7, 11) is 0. The van der Waals surface area contributed by atoms with Crippen LogP contribution in [0.5, 0.6) is 5.75 Å². The third kappa shape index (κ3) is 4.33. The topological polar surface area (TPSA) is 59.0 Å². The second-order valence-corrected chi connectivity index (χ2v) is 5.75. The molecule has 1 aromatic rings. The predicted molar refractivity (Wildman–Crippen MR) is 80.4 cm³/mol. The fraction of sp³-hybridized carbons (Fsp3) is 0.533. The van der Waals surface area contributed by atoms with Gasteiger partial charge >= 0.3 is 5.97 Å². The Morgan fingerprint density at radius 2 is 2.33 bits per heavy atom. The Hall–Kier alpha value is -1.30. The highest BCUT2D eigenvalue weighted by Crippen LogP contribution is 2.26. The fourth-order valence-corrected chi connectivity index (χ4v) is 2.48. The van der Waals surface area contributed by atoms with Crippen molar-refractivity contribution >= 4 is 17.6 Å². The number of hydrogen-bond acceptors (Lipinski definition) is 4. The molecule has 0 bridgehead atoms. The quantitative estimate of drug-likeness (QED) is 0.905. The van der Waals surface area contributed by atoms with Gasteiger partial charge in [-0.3, -0.25) is 4.90 Å². The predicted octanol–water partition coefficient (Wildman–Crippen LogP) is 2.53. The van der Waals surface area contributed by atoms with E-state index in [9.17, 15) is 4.79 Å². The molecule has 0 spiro atoms. The van der Waals surface area contributed by atoms with Crippen LogP contribution in [0.25, 0.3) is 0 Å². The van der Waals surface area contributed by atoms with Crippen molar-refractivity contribution in [1.29, 1.82) is 0 Å². The van der Waals surface area contributed by atoms with Gasteiger partial charge in [0, 0.05) is 19.1 Å². The van der Waals surface area contributed by atoms with Crippen LogP contribution in [0.3, 0.4) is 0 Å². The number of carbonyl (C=O) groups is 1. The first-order chi connectivity index (χ1) is 9.97. The lowest BCUT2D eigenvalue weighted by Crippen LogP contribution is -2.47. The Kier molecular flexibility index (Phi) is 5.45. The van der Waals surface area contributed by atoms with E-state index >= 15 is 0 Å². The minimum absolute atomic E-state index is 0.00336. The van der Waals surface area contributed by atoms with Crippen molar-refractivity contribution in [2.24, 2.45) is 0 Å². The number of carboxylic acid groups (broad SMARTS) is 1. The number of rotatable bonds is 5. The Bertz CT molecular complexity index is 506. The molecule has 0 radical (unpaired) electrons. The maximum absolute atomic E-state index is 10.8. The molecule has 1 heterocycles. The maximum atomic E-state index is 10.8. The number of morpholine rings is 1. The monoisotopic (exact) mass is 313 g/mol. The lowest BCUT2D eigenvalue weighted by atomic mass is 10.2. The summed E-state index contributed by atoms with van der Waals surface area (Å²) in [6, 6.07) is 4.93. The molecule has 1 aromatic carbocycles. The SMILES string of the molecule is CC(C)N1CCOC(COc2ccc(C(=O)O)cc2Cl)C1. The summed E-state index contributed by atoms with van der Waals surface area (Å²) < 4.78 is 11.3. The third-order valence-corrected chi connectivity index (χ3v) is 3.80. The molecule has 2 rings (SSSR count). The van der Waals surface area contributed by atoms with Gasteiger partial charge in [-0.15, -0.1) is 0 Å². The van der Waals surface area contributed by atoms with Crippen LogP contribution in [0, 0.1) is 0 Å². The van der Waals surface area contributed by atoms with Gasteiger partial charge < -0.3 is 14.6 Å². The number of hydrogen-bond donors (Lipinski definition) is 1. The highest BCUT2D eigenvalue weighted by Gasteiger charge is 2.23. The van der Waals surface area contributed by atoms with Crippen LogP contribution in [-0.4, -0.2) is 54.4 Å². The van der Waals surface area contributed by atoms with Crippen molar-refractivity contribution in [3.63, 3.8) is 0 Å². The van der Waals surface area contributed by atoms with Gasteiger partial charge in [0.2, 0.25) is 0 Å². The number of nitrogens with zero attached hydrogens (tertiary/aromatic N) is 1. The normalized spacial score (nSPS) is 19.7. The van der Waals surface area contributed by atoms with Crippen LogP contribution in [-0.2, 0) is 4.74 Å². The van der Waals surface area contributed by atoms with Crippen molar-refractivity contribution in [3.8, 4) is 5.75 Å². The minimum atomic E-state index is -1.01. The molecular formula is C15H20ClNO4. The van der Waals surface area contributed by atoms with Gasteiger partial charge in [0.05, 0.1) is 17.2 Å². The largest absolute Gasteiger partial charge is 0.489 e. The van der Waals surface area contributed by atoms with E-state index < -0.39 is 5.97 Å². The molecule has 21 heavy (non-hydrogen) atoms. The lowest BCUT2D eigenvalue weighted by molar-refractivity contribution is -0.0564. The molecule has 1 aliphatic heterocycles. The van der Waals surface area contributed by atoms with E-state index in [1.165, 1.54) is 12.1 Å². The molecule has 116 valence electrons. The van der Waals surface area contributed by atoms with E-state index in [-0.39, 0.29) is 11.7 Å². The molecule has 0 saturated carbocycles. The molecule has 1 aliphatic rings. The van der Waals surface area contributed by atoms with E-state index in [2.05, 4.69) is 18.7 Å². The molecule has 1 N–H and O–H groups in total. The third-order valence-electron chi connectivity index (χ3n) is 3.50. The Balaban J connectivity index is 1.92. The summed E-state index contributed by atoms with van der Waals surface area (Å²) in [5.41, 5.74) is 0.146. The molecule has 0 aliphatic carbocycles. The number of ether oxygens (including phenoxy) is 2. The number of aromatic carboxylic acids is 1. The van der Waals surface area contributed by atoms with Gasteiger partial charge in [0.15, 0.2) is 0 Å². The van der Waals surface area contributed by atoms with Crippen LogP contribution >= 0.6 is 11.6 Å². The van der Waals surface area contributed by atoms with Gasteiger partial charge in [-0.2, -0.15) is 0 Å². The standard InChI is InChI=1S/C15H20ClNO4/c1-10(2)17-5-6-20-12(8-17)9-21-14-4-3-11(15(18)19)7-13(14)16/h3-4,7,10,12H,5-6,8-9H2,1-2H3,(H,18,19). The average Bonchev–Trinajstić information content (AvgIpc) is 2.46. The van der Waals surface area contributed by atoms with E-state index in [4.69, 9.17) is 26.2 Å². The van der Waals surface area contributed by atoms with Crippen LogP contribution in [0.1, 0.15) is 24.2 Å². The van der Waals surface area contributed by atoms with E-state index in [0.717, 1.165) is 13.1 Å². The first-order valence-corrected chi connectivity index (χ1v) is 7.36. The van der Waals surface area contributed by atoms with Gasteiger partial charge in [0.1, 0.15) is 18.5 Å². The van der Waals surface area contributed by atoms with Crippen molar-refractivity contribution < 1.29 is 19.4 Å². The minimum Gasteiger partial charge on any atom is -0.489 e. The first-order valence-electron chi connectivity index (χ1n) is 6.98. The van der Waals surface area contributed by atoms with Crippen molar-refractivity contribution in [3.05, 3.63) is 28.8 Å². The average molecular weight is 314 g/mol. The molecule has 6 heteroatoms. The van der Waals surface area contributed by atoms with Crippen LogP contribution in [0.2, 0.25) is 5.02 Å². The number of carboxylic acids is 1. The summed E-state index contributed by atoms with van der Waals surface area (Å²) in [5, 5.41) is 9.19. The second kappa shape index (κ2) is 7.11. The molecular weight excluding hydrogens is 294 g/mol. The van der Waals surface area contributed by atoms with Gasteiger partial charge in [-0.25, -0.2) is 4.79 Å². The van der Waals surface area contributed by atoms with Gasteiger partial charge in [-0.1, -0.05) is 11.6 Å². The van der Waals surface area contributed by atoms with Crippen LogP contribution in [0.4, 0.5) is 0 Å². The van der Waals surface area contributed by atoms with E-state index in [1.807, 2.05) is 0 Å². The van der Waals surface area contributed by atoms with E-state index in [1.54, 1.807) is 6.07 Å². The molecule has 0 amide bonds. The lowest BCUT2D eigenvalue weighted by Gasteiger charge is -2.35. The molecule has 1 unspecified atom stereocenters. The maximum Gasteiger partial charge on any atom is 0.335 e. The van der Waals surface area contributed by atoms with Crippen LogP contribution in [0.15, 0.2) is 18.2 Å². The smallest absolute Gasteiger partial charge is 0.335 e. The molecule has 5 nitrogen and oxygen atoms in total. The Morgan fingerprint density at radius 3 is 2.95 bits per heavy atom. The van der Waals surface area contributed by atoms with Crippen LogP contribution < -0.4 is 4.74 Å². The fourth-order valence-electron chi connectivity index (χ4n) is 2.25. The zero-order chi connectivity index (χ0) is 15.4. The summed E-state index contributed by atoms with van der Waals surface area (Å²) in [5.74, 6) is -0.529. The molecule has 1 atom stereocenters. The Morgan fingerprint density at radius 1 is 1.57 bits per heavy atom. The highest BCUT2D eigenvalue weighted by molar-refractivity contribution is 6.32.